The van der Waals surface area contributed by atoms with Crippen molar-refractivity contribution >= 4 is 5.91 Å². The highest BCUT2D eigenvalue weighted by molar-refractivity contribution is 5.94. The van der Waals surface area contributed by atoms with Gasteiger partial charge in [0.2, 0.25) is 0 Å². The number of carbonyl (C=O) groups is 1. The Labute approximate surface area is 99.6 Å². The van der Waals surface area contributed by atoms with E-state index < -0.39 is 0 Å². The zero-order valence-electron chi connectivity index (χ0n) is 9.86. The van der Waals surface area contributed by atoms with Crippen LogP contribution in [0.1, 0.15) is 27.4 Å². The summed E-state index contributed by atoms with van der Waals surface area (Å²) < 4.78 is 4.92. The molecule has 88 valence electrons. The van der Waals surface area contributed by atoms with Gasteiger partial charge in [0.25, 0.3) is 5.91 Å². The second kappa shape index (κ2) is 4.82. The lowest BCUT2D eigenvalue weighted by Crippen LogP contribution is -2.22. The predicted molar refractivity (Wildman–Crippen MR) is 63.6 cm³/mol. The molecular weight excluding hydrogens is 216 g/mol. The lowest BCUT2D eigenvalue weighted by molar-refractivity contribution is 0.0950. The Morgan fingerprint density at radius 2 is 2.18 bits per heavy atom. The highest BCUT2D eigenvalue weighted by Crippen LogP contribution is 2.05. The molecular formula is C13H14N2O2. The highest BCUT2D eigenvalue weighted by Gasteiger charge is 2.06. The van der Waals surface area contributed by atoms with Gasteiger partial charge in [0, 0.05) is 11.6 Å². The average Bonchev–Trinajstić information content (AvgIpc) is 2.72. The lowest BCUT2D eigenvalue weighted by atomic mass is 10.1. The van der Waals surface area contributed by atoms with Crippen LogP contribution in [-0.2, 0) is 6.54 Å². The number of nitrogens with zero attached hydrogens (tertiary/aromatic N) is 1. The number of carbonyl (C=O) groups excluding carboxylic acids is 1. The Kier molecular flexibility index (Phi) is 3.23. The Hall–Kier alpha value is -2.10. The van der Waals surface area contributed by atoms with Crippen LogP contribution in [0.15, 0.2) is 34.9 Å². The van der Waals surface area contributed by atoms with Gasteiger partial charge in [-0.3, -0.25) is 4.79 Å². The first-order valence-corrected chi connectivity index (χ1v) is 5.42. The summed E-state index contributed by atoms with van der Waals surface area (Å²) in [4.78, 5) is 11.8. The number of aromatic nitrogens is 1. The maximum Gasteiger partial charge on any atom is 0.251 e. The second-order valence-corrected chi connectivity index (χ2v) is 3.98. The topological polar surface area (TPSA) is 55.1 Å². The molecule has 1 amide bonds. The molecule has 0 saturated carbocycles. The summed E-state index contributed by atoms with van der Waals surface area (Å²) in [7, 11) is 0. The molecule has 2 aromatic rings. The molecule has 0 saturated heterocycles. The van der Waals surface area contributed by atoms with Crippen LogP contribution in [0.4, 0.5) is 0 Å². The van der Waals surface area contributed by atoms with Crippen LogP contribution in [0.2, 0.25) is 0 Å². The number of amides is 1. The Morgan fingerprint density at radius 3 is 2.82 bits per heavy atom. The summed E-state index contributed by atoms with van der Waals surface area (Å²) in [6.07, 6.45) is 0. The van der Waals surface area contributed by atoms with Crippen LogP contribution in [-0.4, -0.2) is 11.1 Å². The van der Waals surface area contributed by atoms with E-state index in [4.69, 9.17) is 4.52 Å². The molecule has 1 heterocycles. The fourth-order valence-electron chi connectivity index (χ4n) is 1.56. The molecule has 0 bridgehead atoms. The van der Waals surface area contributed by atoms with E-state index in [2.05, 4.69) is 10.5 Å². The summed E-state index contributed by atoms with van der Waals surface area (Å²) in [6, 6.07) is 9.26. The number of benzene rings is 1. The van der Waals surface area contributed by atoms with Gasteiger partial charge in [0.05, 0.1) is 6.54 Å². The van der Waals surface area contributed by atoms with Crippen molar-refractivity contribution in [2.24, 2.45) is 0 Å². The highest BCUT2D eigenvalue weighted by atomic mass is 16.5. The molecule has 0 spiro atoms. The van der Waals surface area contributed by atoms with Crippen molar-refractivity contribution < 1.29 is 9.32 Å². The zero-order valence-corrected chi connectivity index (χ0v) is 9.86. The normalized spacial score (nSPS) is 10.2. The van der Waals surface area contributed by atoms with Crippen molar-refractivity contribution in [3.8, 4) is 0 Å². The molecule has 0 aliphatic rings. The van der Waals surface area contributed by atoms with Crippen molar-refractivity contribution in [3.63, 3.8) is 0 Å². The van der Waals surface area contributed by atoms with E-state index in [-0.39, 0.29) is 5.91 Å². The molecule has 1 aromatic heterocycles. The maximum absolute atomic E-state index is 11.8. The Bertz CT molecular complexity index is 532. The van der Waals surface area contributed by atoms with Crippen LogP contribution >= 0.6 is 0 Å². The largest absolute Gasteiger partial charge is 0.361 e. The van der Waals surface area contributed by atoms with Crippen molar-refractivity contribution in [2.75, 3.05) is 0 Å². The summed E-state index contributed by atoms with van der Waals surface area (Å²) in [5.74, 6) is 0.638. The maximum atomic E-state index is 11.8. The van der Waals surface area contributed by atoms with Crippen LogP contribution < -0.4 is 5.32 Å². The van der Waals surface area contributed by atoms with Gasteiger partial charge in [-0.05, 0) is 26.0 Å². The number of hydrogen-bond donors (Lipinski definition) is 1. The smallest absolute Gasteiger partial charge is 0.251 e. The van der Waals surface area contributed by atoms with Gasteiger partial charge >= 0.3 is 0 Å². The molecule has 2 rings (SSSR count). The van der Waals surface area contributed by atoms with E-state index in [0.29, 0.717) is 12.1 Å². The van der Waals surface area contributed by atoms with E-state index in [1.165, 1.54) is 0 Å². The van der Waals surface area contributed by atoms with E-state index in [1.54, 1.807) is 12.1 Å². The molecule has 0 atom stereocenters. The van der Waals surface area contributed by atoms with Crippen LogP contribution in [0.25, 0.3) is 0 Å². The summed E-state index contributed by atoms with van der Waals surface area (Å²) >= 11 is 0. The van der Waals surface area contributed by atoms with Gasteiger partial charge in [-0.15, -0.1) is 0 Å². The van der Waals surface area contributed by atoms with Gasteiger partial charge in [-0.2, -0.15) is 0 Å². The number of hydrogen-bond acceptors (Lipinski definition) is 3. The van der Waals surface area contributed by atoms with E-state index in [0.717, 1.165) is 17.0 Å². The van der Waals surface area contributed by atoms with Crippen LogP contribution in [0, 0.1) is 13.8 Å². The number of nitrogens with one attached hydrogen (secondary N) is 1. The monoisotopic (exact) mass is 230 g/mol. The third kappa shape index (κ3) is 2.93. The summed E-state index contributed by atoms with van der Waals surface area (Å²) in [5.41, 5.74) is 2.45. The molecule has 0 fully saturated rings. The first kappa shape index (κ1) is 11.4. The van der Waals surface area contributed by atoms with E-state index >= 15 is 0 Å². The standard InChI is InChI=1S/C13H14N2O2/c1-9-4-3-5-11(6-9)13(16)14-8-12-7-10(2)17-15-12/h3-7H,8H2,1-2H3,(H,14,16). The quantitative estimate of drug-likeness (QED) is 0.879. The third-order valence-electron chi connectivity index (χ3n) is 2.39. The SMILES string of the molecule is Cc1cccc(C(=O)NCc2cc(C)on2)c1. The first-order chi connectivity index (χ1) is 8.15. The van der Waals surface area contributed by atoms with Crippen molar-refractivity contribution in [1.29, 1.82) is 0 Å². The van der Waals surface area contributed by atoms with Gasteiger partial charge in [0.15, 0.2) is 0 Å². The van der Waals surface area contributed by atoms with Gasteiger partial charge in [-0.25, -0.2) is 0 Å². The molecule has 4 heteroatoms. The van der Waals surface area contributed by atoms with E-state index in [1.807, 2.05) is 32.0 Å². The predicted octanol–water partition coefficient (Wildman–Crippen LogP) is 2.22. The number of aryl methyl sites for hydroxylation is 2. The molecule has 1 N–H and O–H groups in total. The molecule has 1 aromatic carbocycles. The van der Waals surface area contributed by atoms with E-state index in [9.17, 15) is 4.79 Å². The first-order valence-electron chi connectivity index (χ1n) is 5.42. The zero-order chi connectivity index (χ0) is 12.3. The Balaban J connectivity index is 1.98. The minimum atomic E-state index is -0.102. The molecule has 0 aliphatic heterocycles. The van der Waals surface area contributed by atoms with Crippen molar-refractivity contribution in [2.45, 2.75) is 20.4 Å². The van der Waals surface area contributed by atoms with Crippen LogP contribution in [0.3, 0.4) is 0 Å². The minimum Gasteiger partial charge on any atom is -0.361 e. The fourth-order valence-corrected chi connectivity index (χ4v) is 1.56. The third-order valence-corrected chi connectivity index (χ3v) is 2.39. The molecule has 0 radical (unpaired) electrons. The molecule has 0 unspecified atom stereocenters. The summed E-state index contributed by atoms with van der Waals surface area (Å²) in [5, 5.41) is 6.60. The minimum absolute atomic E-state index is 0.102. The average molecular weight is 230 g/mol. The summed E-state index contributed by atoms with van der Waals surface area (Å²) in [6.45, 7) is 4.15. The van der Waals surface area contributed by atoms with Crippen molar-refractivity contribution in [1.82, 2.24) is 10.5 Å². The molecule has 4 nitrogen and oxygen atoms in total. The lowest BCUT2D eigenvalue weighted by Gasteiger charge is -2.03. The molecule has 17 heavy (non-hydrogen) atoms. The molecule has 0 aliphatic carbocycles. The van der Waals surface area contributed by atoms with Crippen molar-refractivity contribution in [3.05, 3.63) is 52.9 Å². The Morgan fingerprint density at radius 1 is 1.35 bits per heavy atom. The second-order valence-electron chi connectivity index (χ2n) is 3.98. The van der Waals surface area contributed by atoms with Gasteiger partial charge < -0.3 is 9.84 Å². The van der Waals surface area contributed by atoms with Crippen LogP contribution in [0.5, 0.6) is 0 Å². The fraction of sp³-hybridized carbons (Fsp3) is 0.231. The van der Waals surface area contributed by atoms with Gasteiger partial charge in [0.1, 0.15) is 11.5 Å². The van der Waals surface area contributed by atoms with Gasteiger partial charge in [-0.1, -0.05) is 22.9 Å². The number of rotatable bonds is 3.